The van der Waals surface area contributed by atoms with Crippen LogP contribution in [0.15, 0.2) is 59.0 Å². The Morgan fingerprint density at radius 2 is 1.85 bits per heavy atom. The SMILES string of the molecule is COc1cc2c(cc1NC(=O)c1cccc(C)c1I)oc1ccccc12. The van der Waals surface area contributed by atoms with Crippen molar-refractivity contribution in [3.8, 4) is 5.75 Å². The van der Waals surface area contributed by atoms with Crippen molar-refractivity contribution in [2.75, 3.05) is 12.4 Å². The van der Waals surface area contributed by atoms with E-state index in [9.17, 15) is 4.79 Å². The molecule has 0 bridgehead atoms. The van der Waals surface area contributed by atoms with Crippen LogP contribution in [0, 0.1) is 10.5 Å². The molecule has 0 aliphatic carbocycles. The second kappa shape index (κ2) is 6.64. The monoisotopic (exact) mass is 457 g/mol. The Morgan fingerprint density at radius 3 is 2.65 bits per heavy atom. The highest BCUT2D eigenvalue weighted by molar-refractivity contribution is 14.1. The average Bonchev–Trinajstić information content (AvgIpc) is 3.00. The van der Waals surface area contributed by atoms with Gasteiger partial charge in [-0.25, -0.2) is 0 Å². The first-order valence-electron chi connectivity index (χ1n) is 8.14. The van der Waals surface area contributed by atoms with Crippen molar-refractivity contribution >= 4 is 56.1 Å². The van der Waals surface area contributed by atoms with Gasteiger partial charge in [0.2, 0.25) is 0 Å². The van der Waals surface area contributed by atoms with Crippen LogP contribution in [-0.2, 0) is 0 Å². The van der Waals surface area contributed by atoms with Crippen LogP contribution in [0.5, 0.6) is 5.75 Å². The summed E-state index contributed by atoms with van der Waals surface area (Å²) in [6.45, 7) is 1.99. The number of nitrogens with one attached hydrogen (secondary N) is 1. The lowest BCUT2D eigenvalue weighted by Gasteiger charge is -2.12. The molecule has 0 spiro atoms. The number of para-hydroxylation sites is 1. The lowest BCUT2D eigenvalue weighted by Crippen LogP contribution is -2.14. The summed E-state index contributed by atoms with van der Waals surface area (Å²) in [5.74, 6) is 0.423. The second-order valence-corrected chi connectivity index (χ2v) is 7.12. The molecule has 3 aromatic carbocycles. The topological polar surface area (TPSA) is 51.5 Å². The van der Waals surface area contributed by atoms with Crippen LogP contribution in [0.4, 0.5) is 5.69 Å². The third-order valence-corrected chi connectivity index (χ3v) is 5.82. The molecule has 1 N–H and O–H groups in total. The van der Waals surface area contributed by atoms with E-state index in [4.69, 9.17) is 9.15 Å². The molecule has 130 valence electrons. The van der Waals surface area contributed by atoms with Gasteiger partial charge < -0.3 is 14.5 Å². The fraction of sp³-hybridized carbons (Fsp3) is 0.0952. The smallest absolute Gasteiger partial charge is 0.256 e. The van der Waals surface area contributed by atoms with Gasteiger partial charge >= 0.3 is 0 Å². The number of carbonyl (C=O) groups excluding carboxylic acids is 1. The number of aryl methyl sites for hydroxylation is 1. The third kappa shape index (κ3) is 2.82. The summed E-state index contributed by atoms with van der Waals surface area (Å²) in [6.07, 6.45) is 0. The van der Waals surface area contributed by atoms with Crippen LogP contribution >= 0.6 is 22.6 Å². The molecule has 5 heteroatoms. The number of hydrogen-bond donors (Lipinski definition) is 1. The van der Waals surface area contributed by atoms with Gasteiger partial charge in [-0.3, -0.25) is 4.79 Å². The molecule has 26 heavy (non-hydrogen) atoms. The Kier molecular flexibility index (Phi) is 4.32. The summed E-state index contributed by atoms with van der Waals surface area (Å²) >= 11 is 2.19. The molecule has 0 fully saturated rings. The number of carbonyl (C=O) groups is 1. The summed E-state index contributed by atoms with van der Waals surface area (Å²) in [4.78, 5) is 12.8. The fourth-order valence-electron chi connectivity index (χ4n) is 3.03. The number of rotatable bonds is 3. The van der Waals surface area contributed by atoms with Gasteiger partial charge in [0.25, 0.3) is 5.91 Å². The summed E-state index contributed by atoms with van der Waals surface area (Å²) in [5.41, 5.74) is 3.80. The molecule has 0 radical (unpaired) electrons. The molecule has 0 atom stereocenters. The van der Waals surface area contributed by atoms with Gasteiger partial charge in [-0.05, 0) is 53.3 Å². The van der Waals surface area contributed by atoms with Crippen molar-refractivity contribution in [2.45, 2.75) is 6.92 Å². The van der Waals surface area contributed by atoms with Gasteiger partial charge in [0.15, 0.2) is 0 Å². The zero-order chi connectivity index (χ0) is 18.3. The Bertz CT molecular complexity index is 1150. The molecule has 0 aliphatic rings. The minimum Gasteiger partial charge on any atom is -0.495 e. The van der Waals surface area contributed by atoms with Gasteiger partial charge in [0.1, 0.15) is 16.9 Å². The van der Waals surface area contributed by atoms with Gasteiger partial charge in [-0.2, -0.15) is 0 Å². The highest BCUT2D eigenvalue weighted by Gasteiger charge is 2.16. The van der Waals surface area contributed by atoms with Gasteiger partial charge in [-0.1, -0.05) is 30.3 Å². The summed E-state index contributed by atoms with van der Waals surface area (Å²) < 4.78 is 12.4. The normalized spacial score (nSPS) is 11.0. The van der Waals surface area contributed by atoms with Crippen molar-refractivity contribution in [3.05, 3.63) is 69.3 Å². The highest BCUT2D eigenvalue weighted by Crippen LogP contribution is 2.36. The molecule has 1 heterocycles. The second-order valence-electron chi connectivity index (χ2n) is 6.04. The number of furan rings is 1. The molecule has 4 nitrogen and oxygen atoms in total. The lowest BCUT2D eigenvalue weighted by molar-refractivity contribution is 0.102. The van der Waals surface area contributed by atoms with E-state index in [1.807, 2.05) is 61.5 Å². The molecule has 0 saturated heterocycles. The third-order valence-electron chi connectivity index (χ3n) is 4.38. The number of fused-ring (bicyclic) bond motifs is 3. The van der Waals surface area contributed by atoms with Crippen molar-refractivity contribution in [2.24, 2.45) is 0 Å². The summed E-state index contributed by atoms with van der Waals surface area (Å²) in [7, 11) is 1.59. The van der Waals surface area contributed by atoms with Gasteiger partial charge in [0, 0.05) is 20.4 Å². The lowest BCUT2D eigenvalue weighted by atomic mass is 10.1. The van der Waals surface area contributed by atoms with Crippen molar-refractivity contribution in [1.82, 2.24) is 0 Å². The number of ether oxygens (including phenoxy) is 1. The maximum absolute atomic E-state index is 12.8. The Morgan fingerprint density at radius 1 is 1.04 bits per heavy atom. The molecule has 1 aromatic heterocycles. The number of methoxy groups -OCH3 is 1. The predicted octanol–water partition coefficient (Wildman–Crippen LogP) is 5.76. The average molecular weight is 457 g/mol. The summed E-state index contributed by atoms with van der Waals surface area (Å²) in [6, 6.07) is 17.2. The number of anilines is 1. The number of hydrogen-bond acceptors (Lipinski definition) is 3. The molecule has 0 unspecified atom stereocenters. The highest BCUT2D eigenvalue weighted by atomic mass is 127. The van der Waals surface area contributed by atoms with Crippen molar-refractivity contribution in [1.29, 1.82) is 0 Å². The van der Waals surface area contributed by atoms with Crippen LogP contribution < -0.4 is 10.1 Å². The number of amides is 1. The molecule has 4 aromatic rings. The quantitative estimate of drug-likeness (QED) is 0.398. The zero-order valence-electron chi connectivity index (χ0n) is 14.3. The molecule has 0 saturated carbocycles. The molecule has 1 amide bonds. The Balaban J connectivity index is 1.79. The van der Waals surface area contributed by atoms with Gasteiger partial charge in [-0.15, -0.1) is 0 Å². The van der Waals surface area contributed by atoms with Crippen molar-refractivity contribution in [3.63, 3.8) is 0 Å². The van der Waals surface area contributed by atoms with Crippen LogP contribution in [0.3, 0.4) is 0 Å². The first-order valence-corrected chi connectivity index (χ1v) is 9.22. The van der Waals surface area contributed by atoms with E-state index in [1.165, 1.54) is 0 Å². The maximum Gasteiger partial charge on any atom is 0.256 e. The predicted molar refractivity (Wildman–Crippen MR) is 112 cm³/mol. The number of halogens is 1. The van der Waals surface area contributed by atoms with E-state index in [2.05, 4.69) is 27.9 Å². The van der Waals surface area contributed by atoms with E-state index in [0.717, 1.165) is 25.5 Å². The van der Waals surface area contributed by atoms with Crippen molar-refractivity contribution < 1.29 is 13.9 Å². The van der Waals surface area contributed by atoms with E-state index < -0.39 is 0 Å². The molecular formula is C21H16INO3. The minimum atomic E-state index is -0.174. The first-order chi connectivity index (χ1) is 12.6. The van der Waals surface area contributed by atoms with Crippen LogP contribution in [0.1, 0.15) is 15.9 Å². The zero-order valence-corrected chi connectivity index (χ0v) is 16.5. The standard InChI is InChI=1S/C21H16INO3/c1-12-6-5-8-14(20(12)22)21(24)23-16-11-18-15(10-19(16)25-2)13-7-3-4-9-17(13)26-18/h3-11H,1-2H3,(H,23,24). The van der Waals surface area contributed by atoms with E-state index in [-0.39, 0.29) is 5.91 Å². The largest absolute Gasteiger partial charge is 0.495 e. The van der Waals surface area contributed by atoms with Crippen LogP contribution in [0.25, 0.3) is 21.9 Å². The van der Waals surface area contributed by atoms with Crippen LogP contribution in [-0.4, -0.2) is 13.0 Å². The Hall–Kier alpha value is -2.54. The van der Waals surface area contributed by atoms with E-state index >= 15 is 0 Å². The maximum atomic E-state index is 12.8. The van der Waals surface area contributed by atoms with E-state index in [1.54, 1.807) is 7.11 Å². The van der Waals surface area contributed by atoms with E-state index in [0.29, 0.717) is 22.6 Å². The fourth-order valence-corrected chi connectivity index (χ4v) is 3.64. The summed E-state index contributed by atoms with van der Waals surface area (Å²) in [5, 5.41) is 4.93. The molecule has 4 rings (SSSR count). The van der Waals surface area contributed by atoms with Gasteiger partial charge in [0.05, 0.1) is 18.4 Å². The number of benzene rings is 3. The molecular weight excluding hydrogens is 441 g/mol. The first kappa shape index (κ1) is 16.9. The Labute approximate surface area is 164 Å². The minimum absolute atomic E-state index is 0.174. The van der Waals surface area contributed by atoms with Crippen LogP contribution in [0.2, 0.25) is 0 Å². The molecule has 0 aliphatic heterocycles.